The number of rotatable bonds is 5. The van der Waals surface area contributed by atoms with E-state index in [1.807, 2.05) is 11.3 Å². The van der Waals surface area contributed by atoms with Gasteiger partial charge in [0.15, 0.2) is 0 Å². The van der Waals surface area contributed by atoms with Crippen LogP contribution in [0.3, 0.4) is 0 Å². The zero-order chi connectivity index (χ0) is 29.7. The van der Waals surface area contributed by atoms with Gasteiger partial charge in [-0.15, -0.1) is 11.3 Å². The molecule has 0 amide bonds. The number of hydrogen-bond acceptors (Lipinski definition) is 1. The van der Waals surface area contributed by atoms with Crippen LogP contribution in [0.4, 0.5) is 0 Å². The third kappa shape index (κ3) is 4.60. The van der Waals surface area contributed by atoms with Crippen LogP contribution in [0.25, 0.3) is 70.4 Å². The van der Waals surface area contributed by atoms with Crippen molar-refractivity contribution in [3.8, 4) is 33.4 Å². The van der Waals surface area contributed by atoms with Crippen LogP contribution in [-0.4, -0.2) is 0 Å². The van der Waals surface area contributed by atoms with Gasteiger partial charge in [0, 0.05) is 20.2 Å². The standard InChI is InChI=1S/C44H30S/c1-2-13-33-28-41-36(26-32(33)12-1)27-35-15-7-17-37(43(35)41)31-23-21-29(22-24-31)9-5-10-30-11-6-14-34(25-30)38-18-8-19-40-39-16-3-4-20-42(39)45-44(38)40/h1-9,11-26,28H,10,27H2/b9-5+. The molecule has 1 heteroatoms. The van der Waals surface area contributed by atoms with Crippen LogP contribution in [0.15, 0.2) is 152 Å². The maximum absolute atomic E-state index is 2.38. The Labute approximate surface area is 267 Å². The Morgan fingerprint density at radius 3 is 2.20 bits per heavy atom. The molecule has 0 bridgehead atoms. The molecular formula is C44H30S. The van der Waals surface area contributed by atoms with Crippen molar-refractivity contribution in [2.45, 2.75) is 12.8 Å². The lowest BCUT2D eigenvalue weighted by molar-refractivity contribution is 1.27. The number of benzene rings is 7. The summed E-state index contributed by atoms with van der Waals surface area (Å²) >= 11 is 1.89. The summed E-state index contributed by atoms with van der Waals surface area (Å²) in [5.74, 6) is 0. The zero-order valence-corrected chi connectivity index (χ0v) is 25.7. The lowest BCUT2D eigenvalue weighted by Gasteiger charge is -2.11. The maximum Gasteiger partial charge on any atom is 0.0433 e. The minimum atomic E-state index is 0.898. The lowest BCUT2D eigenvalue weighted by Crippen LogP contribution is -1.87. The van der Waals surface area contributed by atoms with Gasteiger partial charge in [0.25, 0.3) is 0 Å². The minimum absolute atomic E-state index is 0.898. The van der Waals surface area contributed by atoms with E-state index in [0.29, 0.717) is 0 Å². The summed E-state index contributed by atoms with van der Waals surface area (Å²) in [4.78, 5) is 0. The third-order valence-corrected chi connectivity index (χ3v) is 10.5. The van der Waals surface area contributed by atoms with Gasteiger partial charge < -0.3 is 0 Å². The maximum atomic E-state index is 2.38. The molecule has 8 aromatic rings. The van der Waals surface area contributed by atoms with E-state index in [2.05, 4.69) is 158 Å². The van der Waals surface area contributed by atoms with E-state index in [0.717, 1.165) is 12.8 Å². The van der Waals surface area contributed by atoms with E-state index >= 15 is 0 Å². The number of hydrogen-bond donors (Lipinski definition) is 0. The summed E-state index contributed by atoms with van der Waals surface area (Å²) in [6, 6.07) is 53.7. The van der Waals surface area contributed by atoms with Crippen LogP contribution in [0.2, 0.25) is 0 Å². The van der Waals surface area contributed by atoms with E-state index < -0.39 is 0 Å². The second kappa shape index (κ2) is 10.7. The Morgan fingerprint density at radius 2 is 1.29 bits per heavy atom. The summed E-state index contributed by atoms with van der Waals surface area (Å²) in [6.07, 6.45) is 6.44. The normalized spacial score (nSPS) is 12.4. The Hall–Kier alpha value is -5.24. The molecule has 0 aliphatic heterocycles. The Balaban J connectivity index is 0.966. The van der Waals surface area contributed by atoms with Crippen molar-refractivity contribution in [3.05, 3.63) is 174 Å². The second-order valence-electron chi connectivity index (χ2n) is 12.1. The second-order valence-corrected chi connectivity index (χ2v) is 13.1. The van der Waals surface area contributed by atoms with Crippen molar-refractivity contribution >= 4 is 48.4 Å². The van der Waals surface area contributed by atoms with Gasteiger partial charge in [0.1, 0.15) is 0 Å². The number of thiophene rings is 1. The summed E-state index contributed by atoms with van der Waals surface area (Å²) < 4.78 is 2.72. The van der Waals surface area contributed by atoms with Crippen LogP contribution < -0.4 is 0 Å². The topological polar surface area (TPSA) is 0 Å². The molecule has 0 atom stereocenters. The summed E-state index contributed by atoms with van der Waals surface area (Å²) in [5.41, 5.74) is 13.4. The first-order valence-electron chi connectivity index (χ1n) is 15.7. The Morgan fingerprint density at radius 1 is 0.533 bits per heavy atom. The highest BCUT2D eigenvalue weighted by atomic mass is 32.1. The molecule has 1 aliphatic carbocycles. The van der Waals surface area contributed by atoms with Crippen molar-refractivity contribution in [2.24, 2.45) is 0 Å². The number of allylic oxidation sites excluding steroid dienone is 1. The monoisotopic (exact) mass is 590 g/mol. The van der Waals surface area contributed by atoms with Crippen molar-refractivity contribution in [2.75, 3.05) is 0 Å². The van der Waals surface area contributed by atoms with Crippen LogP contribution in [-0.2, 0) is 12.8 Å². The molecule has 0 saturated heterocycles. The Kier molecular flexibility index (Phi) is 6.25. The fourth-order valence-corrected chi connectivity index (χ4v) is 8.36. The van der Waals surface area contributed by atoms with Crippen molar-refractivity contribution < 1.29 is 0 Å². The Bertz CT molecular complexity index is 2420. The van der Waals surface area contributed by atoms with Gasteiger partial charge >= 0.3 is 0 Å². The predicted octanol–water partition coefficient (Wildman–Crippen LogP) is 12.4. The summed E-state index contributed by atoms with van der Waals surface area (Å²) in [7, 11) is 0. The molecule has 0 fully saturated rings. The third-order valence-electron chi connectivity index (χ3n) is 9.30. The molecule has 1 aromatic heterocycles. The van der Waals surface area contributed by atoms with Crippen molar-refractivity contribution in [1.29, 1.82) is 0 Å². The van der Waals surface area contributed by atoms with Crippen LogP contribution in [0.5, 0.6) is 0 Å². The highest BCUT2D eigenvalue weighted by molar-refractivity contribution is 7.26. The van der Waals surface area contributed by atoms with Crippen molar-refractivity contribution in [3.63, 3.8) is 0 Å². The van der Waals surface area contributed by atoms with Crippen LogP contribution >= 0.6 is 11.3 Å². The molecule has 212 valence electrons. The average molecular weight is 591 g/mol. The minimum Gasteiger partial charge on any atom is -0.135 e. The van der Waals surface area contributed by atoms with E-state index in [4.69, 9.17) is 0 Å². The van der Waals surface area contributed by atoms with E-state index in [1.165, 1.54) is 86.6 Å². The fraction of sp³-hybridized carbons (Fsp3) is 0.0455. The zero-order valence-electron chi connectivity index (χ0n) is 24.8. The highest BCUT2D eigenvalue weighted by Crippen LogP contribution is 2.44. The SMILES string of the molecule is C(=C\c1ccc(-c2cccc3c2-c2cc4ccccc4cc2C3)cc1)/Cc1cccc(-c2cccc3c2sc2ccccc23)c1. The molecular weight excluding hydrogens is 561 g/mol. The molecule has 0 N–H and O–H groups in total. The molecule has 0 unspecified atom stereocenters. The van der Waals surface area contributed by atoms with Crippen LogP contribution in [0, 0.1) is 0 Å². The predicted molar refractivity (Wildman–Crippen MR) is 195 cm³/mol. The van der Waals surface area contributed by atoms with Gasteiger partial charge in [-0.3, -0.25) is 0 Å². The molecule has 1 aliphatic rings. The van der Waals surface area contributed by atoms with Gasteiger partial charge in [-0.05, 0) is 91.4 Å². The molecule has 7 aromatic carbocycles. The van der Waals surface area contributed by atoms with Crippen LogP contribution in [0.1, 0.15) is 22.3 Å². The molecule has 9 rings (SSSR count). The molecule has 0 saturated carbocycles. The first-order valence-corrected chi connectivity index (χ1v) is 16.5. The number of fused-ring (bicyclic) bond motifs is 7. The van der Waals surface area contributed by atoms with Gasteiger partial charge in [0.2, 0.25) is 0 Å². The van der Waals surface area contributed by atoms with E-state index in [1.54, 1.807) is 0 Å². The van der Waals surface area contributed by atoms with E-state index in [9.17, 15) is 0 Å². The fourth-order valence-electron chi connectivity index (χ4n) is 7.12. The molecule has 45 heavy (non-hydrogen) atoms. The van der Waals surface area contributed by atoms with Gasteiger partial charge in [-0.1, -0.05) is 146 Å². The van der Waals surface area contributed by atoms with Gasteiger partial charge in [-0.2, -0.15) is 0 Å². The summed E-state index contributed by atoms with van der Waals surface area (Å²) in [5, 5.41) is 5.32. The largest absolute Gasteiger partial charge is 0.135 e. The first kappa shape index (κ1) is 26.2. The molecule has 0 radical (unpaired) electrons. The summed E-state index contributed by atoms with van der Waals surface area (Å²) in [6.45, 7) is 0. The lowest BCUT2D eigenvalue weighted by atomic mass is 9.93. The van der Waals surface area contributed by atoms with Crippen molar-refractivity contribution in [1.82, 2.24) is 0 Å². The average Bonchev–Trinajstić information content (AvgIpc) is 3.66. The smallest absolute Gasteiger partial charge is 0.0433 e. The van der Waals surface area contributed by atoms with E-state index in [-0.39, 0.29) is 0 Å². The molecule has 1 heterocycles. The first-order chi connectivity index (χ1) is 22.3. The quantitative estimate of drug-likeness (QED) is 0.187. The van der Waals surface area contributed by atoms with Gasteiger partial charge in [-0.25, -0.2) is 0 Å². The molecule has 0 nitrogen and oxygen atoms in total. The molecule has 0 spiro atoms. The highest BCUT2D eigenvalue weighted by Gasteiger charge is 2.22. The van der Waals surface area contributed by atoms with Gasteiger partial charge in [0.05, 0.1) is 0 Å².